The third-order valence-electron chi connectivity index (χ3n) is 1.45. The normalized spacial score (nSPS) is 6.00. The second-order valence-electron chi connectivity index (χ2n) is 2.56. The van der Waals surface area contributed by atoms with Gasteiger partial charge in [-0.05, 0) is 0 Å². The number of hydrogen-bond donors (Lipinski definition) is 0. The second-order valence-corrected chi connectivity index (χ2v) is 2.56. The Balaban J connectivity index is -0.0000000539. The van der Waals surface area contributed by atoms with E-state index in [1.165, 1.54) is 0 Å². The Morgan fingerprint density at radius 3 is 1.25 bits per heavy atom. The maximum absolute atomic E-state index is 3.72. The molecule has 0 spiro atoms. The molecule has 0 nitrogen and oxygen atoms in total. The molecule has 0 saturated heterocycles. The molecule has 0 aliphatic rings. The van der Waals surface area contributed by atoms with E-state index in [4.69, 9.17) is 0 Å². The van der Waals surface area contributed by atoms with Crippen LogP contribution in [0.25, 0.3) is 0 Å². The van der Waals surface area contributed by atoms with Crippen LogP contribution in [0, 0.1) is 20.4 Å². The summed E-state index contributed by atoms with van der Waals surface area (Å²) in [5.41, 5.74) is 1.07. The molecular weight excluding hydrogens is 489 g/mol. The third-order valence-corrected chi connectivity index (χ3v) is 1.45. The van der Waals surface area contributed by atoms with Gasteiger partial charge >= 0.3 is 0 Å². The van der Waals surface area contributed by atoms with E-state index in [0.29, 0.717) is 0 Å². The Morgan fingerprint density at radius 2 is 1.10 bits per heavy atom. The van der Waals surface area contributed by atoms with E-state index in [1.54, 1.807) is 0 Å². The summed E-state index contributed by atoms with van der Waals surface area (Å²) >= 11 is 0. The molecule has 0 aliphatic heterocycles. The van der Waals surface area contributed by atoms with Crippen LogP contribution in [0.15, 0.2) is 60.7 Å². The first-order chi connectivity index (χ1) is 8.39. The van der Waals surface area contributed by atoms with Gasteiger partial charge in [0, 0.05) is 53.8 Å². The molecule has 0 unspecified atom stereocenters. The Bertz CT molecular complexity index is 282. The van der Waals surface area contributed by atoms with Crippen LogP contribution in [0.4, 0.5) is 0 Å². The minimum atomic E-state index is 0. The van der Waals surface area contributed by atoms with E-state index in [0.717, 1.165) is 5.56 Å². The number of hydrogen-bond acceptors (Lipinski definition) is 0. The average Bonchev–Trinajstić information content (AvgIpc) is 2.47. The van der Waals surface area contributed by atoms with Gasteiger partial charge in [-0.1, -0.05) is 33.8 Å². The topological polar surface area (TPSA) is 0 Å². The van der Waals surface area contributed by atoms with Crippen molar-refractivity contribution < 1.29 is 53.8 Å². The molecule has 20 heavy (non-hydrogen) atoms. The smallest absolute Gasteiger partial charge is 0 e. The van der Waals surface area contributed by atoms with Crippen molar-refractivity contribution >= 4 is 0 Å². The third kappa shape index (κ3) is 26.6. The van der Waals surface area contributed by atoms with E-state index in [1.807, 2.05) is 88.4 Å². The van der Waals surface area contributed by atoms with Crippen molar-refractivity contribution in [2.24, 2.45) is 0 Å². The van der Waals surface area contributed by atoms with Gasteiger partial charge in [-0.3, -0.25) is 0 Å². The fourth-order valence-electron chi connectivity index (χ4n) is 0.820. The van der Waals surface area contributed by atoms with Crippen LogP contribution in [-0.2, 0) is 53.8 Å². The van der Waals surface area contributed by atoms with E-state index in [9.17, 15) is 0 Å². The van der Waals surface area contributed by atoms with Gasteiger partial charge < -0.3 is 7.43 Å². The van der Waals surface area contributed by atoms with Crippen LogP contribution >= 0.6 is 0 Å². The predicted molar refractivity (Wildman–Crippen MR) is 85.3 cm³/mol. The Labute approximate surface area is 166 Å². The molecule has 2 rings (SSSR count). The van der Waals surface area contributed by atoms with E-state index in [2.05, 4.69) is 13.0 Å². The van der Waals surface area contributed by atoms with Gasteiger partial charge in [0.15, 0.2) is 0 Å². The molecule has 0 aromatic heterocycles. The zero-order valence-electron chi connectivity index (χ0n) is 13.5. The first-order valence-corrected chi connectivity index (χ1v) is 6.17. The average molecular weight is 516 g/mol. The number of benzene rings is 2. The Kier molecular flexibility index (Phi) is 50.6. The van der Waals surface area contributed by atoms with Crippen molar-refractivity contribution in [3.05, 3.63) is 86.6 Å². The maximum atomic E-state index is 3.72. The Morgan fingerprint density at radius 1 is 0.750 bits per heavy atom. The molecule has 0 atom stereocenters. The van der Waals surface area contributed by atoms with Crippen LogP contribution in [0.1, 0.15) is 33.3 Å². The quantitative estimate of drug-likeness (QED) is 0.386. The Hall–Kier alpha value is 0.102. The molecule has 0 N–H and O–H groups in total. The van der Waals surface area contributed by atoms with Crippen molar-refractivity contribution in [2.75, 3.05) is 0 Å². The molecule has 0 bridgehead atoms. The van der Waals surface area contributed by atoms with Crippen LogP contribution < -0.4 is 0 Å². The summed E-state index contributed by atoms with van der Waals surface area (Å²) in [4.78, 5) is 0. The van der Waals surface area contributed by atoms with Crippen LogP contribution in [-0.4, -0.2) is 0 Å². The van der Waals surface area contributed by atoms with Crippen molar-refractivity contribution in [1.82, 2.24) is 0 Å². The first-order valence-electron chi connectivity index (χ1n) is 6.17. The monoisotopic (exact) mass is 516 g/mol. The predicted octanol–water partition coefficient (Wildman–Crippen LogP) is 5.85. The fourth-order valence-corrected chi connectivity index (χ4v) is 0.820. The summed E-state index contributed by atoms with van der Waals surface area (Å²) in [6.07, 6.45) is 0. The van der Waals surface area contributed by atoms with Gasteiger partial charge in [-0.2, -0.15) is 61.0 Å². The molecular formula is C18H27WY-3. The van der Waals surface area contributed by atoms with Gasteiger partial charge in [-0.25, -0.2) is 0 Å². The largest absolute Gasteiger partial charge is 0.358 e. The zero-order chi connectivity index (χ0) is 13.4. The molecule has 0 amide bonds. The van der Waals surface area contributed by atoms with Crippen LogP contribution in [0.3, 0.4) is 0 Å². The van der Waals surface area contributed by atoms with Gasteiger partial charge in [-0.15, -0.1) is 12.1 Å². The summed E-state index contributed by atoms with van der Waals surface area (Å²) in [6, 6.07) is 22.4. The molecule has 2 aromatic carbocycles. The summed E-state index contributed by atoms with van der Waals surface area (Å²) in [7, 11) is 0. The SMILES string of the molecule is CC.CC.[CH2-]c1ccccc1.[CH3-].[W].[Y].[c-]1ccccc1. The van der Waals surface area contributed by atoms with Gasteiger partial charge in [0.1, 0.15) is 0 Å². The molecule has 0 heterocycles. The van der Waals surface area contributed by atoms with Crippen molar-refractivity contribution in [3.63, 3.8) is 0 Å². The van der Waals surface area contributed by atoms with Crippen molar-refractivity contribution in [3.8, 4) is 0 Å². The molecule has 0 aliphatic carbocycles. The molecule has 111 valence electrons. The van der Waals surface area contributed by atoms with E-state index >= 15 is 0 Å². The first kappa shape index (κ1) is 32.2. The number of rotatable bonds is 0. The summed E-state index contributed by atoms with van der Waals surface area (Å²) in [6.45, 7) is 11.7. The van der Waals surface area contributed by atoms with Crippen molar-refractivity contribution in [1.29, 1.82) is 0 Å². The van der Waals surface area contributed by atoms with Crippen LogP contribution in [0.2, 0.25) is 0 Å². The zero-order valence-corrected chi connectivity index (χ0v) is 19.2. The van der Waals surface area contributed by atoms with Gasteiger partial charge in [0.2, 0.25) is 0 Å². The minimum Gasteiger partial charge on any atom is -0.358 e. The fraction of sp³-hybridized carbons (Fsp3) is 0.222. The van der Waals surface area contributed by atoms with Gasteiger partial charge in [0.25, 0.3) is 0 Å². The molecule has 2 aromatic rings. The van der Waals surface area contributed by atoms with E-state index in [-0.39, 0.29) is 61.2 Å². The standard InChI is InChI=1S/C7H7.C6H5.2C2H6.CH3.W.Y/c1-7-5-3-2-4-6-7;1-2-4-6-5-3-1;2*1-2;;;/h2-6H,1H2;1-5H;2*1-2H3;1H3;;/q2*-1;;;-1;;. The van der Waals surface area contributed by atoms with E-state index < -0.39 is 0 Å². The van der Waals surface area contributed by atoms with Crippen LogP contribution in [0.5, 0.6) is 0 Å². The maximum Gasteiger partial charge on any atom is 0 e. The molecule has 1 radical (unpaired) electrons. The molecule has 0 fully saturated rings. The molecule has 0 saturated carbocycles. The van der Waals surface area contributed by atoms with Gasteiger partial charge in [0.05, 0.1) is 0 Å². The second kappa shape index (κ2) is 31.5. The summed E-state index contributed by atoms with van der Waals surface area (Å²) in [5, 5.41) is 0. The molecule has 2 heteroatoms. The summed E-state index contributed by atoms with van der Waals surface area (Å²) < 4.78 is 0. The summed E-state index contributed by atoms with van der Waals surface area (Å²) in [5.74, 6) is 0. The minimum absolute atomic E-state index is 0. The van der Waals surface area contributed by atoms with Crippen molar-refractivity contribution in [2.45, 2.75) is 27.7 Å².